The second-order valence-corrected chi connectivity index (χ2v) is 2.86. The number of aldehydes is 1. The molecule has 1 aromatic carbocycles. The van der Waals surface area contributed by atoms with Crippen LogP contribution in [-0.4, -0.2) is 6.29 Å². The number of allylic oxidation sites excluding steroid dienone is 1. The minimum Gasteiger partial charge on any atom is -0.298 e. The van der Waals surface area contributed by atoms with E-state index in [9.17, 15) is 9.18 Å². The van der Waals surface area contributed by atoms with Crippen LogP contribution in [0.2, 0.25) is 0 Å². The zero-order chi connectivity index (χ0) is 10.6. The Morgan fingerprint density at radius 1 is 1.57 bits per heavy atom. The molecule has 0 amide bonds. The lowest BCUT2D eigenvalue weighted by molar-refractivity contribution is -0.104. The van der Waals surface area contributed by atoms with Gasteiger partial charge >= 0.3 is 0 Å². The third-order valence-electron chi connectivity index (χ3n) is 1.69. The fourth-order valence-corrected chi connectivity index (χ4v) is 1.02. The molecule has 1 aromatic rings. The highest BCUT2D eigenvalue weighted by molar-refractivity contribution is 5.80. The van der Waals surface area contributed by atoms with Crippen molar-refractivity contribution in [1.29, 1.82) is 5.26 Å². The maximum absolute atomic E-state index is 12.9. The van der Waals surface area contributed by atoms with Crippen molar-refractivity contribution < 1.29 is 9.18 Å². The Labute approximate surface area is 81.3 Å². The van der Waals surface area contributed by atoms with Gasteiger partial charge in [-0.3, -0.25) is 4.79 Å². The molecular weight excluding hydrogens is 181 g/mol. The number of hydrogen-bond acceptors (Lipinski definition) is 2. The second-order valence-electron chi connectivity index (χ2n) is 2.86. The Balaban J connectivity index is 3.15. The SMILES string of the molecule is C/C(C=O)=C/c1ccc(F)c(C#N)c1. The van der Waals surface area contributed by atoms with E-state index < -0.39 is 5.82 Å². The summed E-state index contributed by atoms with van der Waals surface area (Å²) in [6, 6.07) is 5.87. The molecule has 0 aliphatic rings. The van der Waals surface area contributed by atoms with E-state index in [-0.39, 0.29) is 5.56 Å². The zero-order valence-electron chi connectivity index (χ0n) is 7.62. The predicted octanol–water partition coefficient (Wildman–Crippen LogP) is 2.30. The van der Waals surface area contributed by atoms with Crippen LogP contribution in [-0.2, 0) is 4.79 Å². The summed E-state index contributed by atoms with van der Waals surface area (Å²) < 4.78 is 12.9. The van der Waals surface area contributed by atoms with Crippen LogP contribution in [0, 0.1) is 17.1 Å². The summed E-state index contributed by atoms with van der Waals surface area (Å²) >= 11 is 0. The summed E-state index contributed by atoms with van der Waals surface area (Å²) in [5, 5.41) is 8.55. The van der Waals surface area contributed by atoms with Crippen LogP contribution in [0.15, 0.2) is 23.8 Å². The molecule has 0 saturated heterocycles. The molecule has 0 aliphatic heterocycles. The molecule has 0 N–H and O–H groups in total. The van der Waals surface area contributed by atoms with Crippen molar-refractivity contribution in [1.82, 2.24) is 0 Å². The summed E-state index contributed by atoms with van der Waals surface area (Å²) in [6.07, 6.45) is 2.29. The fraction of sp³-hybridized carbons (Fsp3) is 0.0909. The Morgan fingerprint density at radius 3 is 2.86 bits per heavy atom. The minimum absolute atomic E-state index is 0.0163. The Hall–Kier alpha value is -1.95. The zero-order valence-corrected chi connectivity index (χ0v) is 7.62. The Bertz CT molecular complexity index is 429. The fourth-order valence-electron chi connectivity index (χ4n) is 1.02. The second kappa shape index (κ2) is 4.33. The lowest BCUT2D eigenvalue weighted by Gasteiger charge is -1.96. The van der Waals surface area contributed by atoms with Gasteiger partial charge in [-0.05, 0) is 36.3 Å². The number of carbonyl (C=O) groups excluding carboxylic acids is 1. The Kier molecular flexibility index (Phi) is 3.14. The van der Waals surface area contributed by atoms with Gasteiger partial charge in [0, 0.05) is 0 Å². The molecule has 0 saturated carbocycles. The number of nitrogens with zero attached hydrogens (tertiary/aromatic N) is 1. The number of nitriles is 1. The van der Waals surface area contributed by atoms with Gasteiger partial charge in [-0.1, -0.05) is 6.07 Å². The molecule has 70 valence electrons. The molecule has 0 aromatic heterocycles. The summed E-state index contributed by atoms with van der Waals surface area (Å²) in [6.45, 7) is 1.64. The number of carbonyl (C=O) groups is 1. The maximum Gasteiger partial charge on any atom is 0.145 e. The molecule has 0 aliphatic carbocycles. The van der Waals surface area contributed by atoms with Crippen LogP contribution in [0.25, 0.3) is 6.08 Å². The topological polar surface area (TPSA) is 40.9 Å². The highest BCUT2D eigenvalue weighted by Crippen LogP contribution is 2.11. The van der Waals surface area contributed by atoms with E-state index in [1.165, 1.54) is 18.2 Å². The average molecular weight is 189 g/mol. The van der Waals surface area contributed by atoms with E-state index in [0.29, 0.717) is 17.4 Å². The first-order valence-electron chi connectivity index (χ1n) is 4.00. The smallest absolute Gasteiger partial charge is 0.145 e. The molecule has 0 bridgehead atoms. The standard InChI is InChI=1S/C11H8FNO/c1-8(7-14)4-9-2-3-11(12)10(5-9)6-13/h2-5,7H,1H3/b8-4-. The van der Waals surface area contributed by atoms with Crippen molar-refractivity contribution >= 4 is 12.4 Å². The summed E-state index contributed by atoms with van der Waals surface area (Å²) in [7, 11) is 0. The van der Waals surface area contributed by atoms with Crippen LogP contribution in [0.4, 0.5) is 4.39 Å². The lowest BCUT2D eigenvalue weighted by Crippen LogP contribution is -1.85. The molecular formula is C11H8FNO. The summed E-state index contributed by atoms with van der Waals surface area (Å²) in [5.74, 6) is -0.548. The van der Waals surface area contributed by atoms with E-state index >= 15 is 0 Å². The molecule has 0 atom stereocenters. The highest BCUT2D eigenvalue weighted by Gasteiger charge is 2.00. The van der Waals surface area contributed by atoms with Crippen molar-refractivity contribution in [2.75, 3.05) is 0 Å². The van der Waals surface area contributed by atoms with E-state index in [4.69, 9.17) is 5.26 Å². The molecule has 0 spiro atoms. The van der Waals surface area contributed by atoms with E-state index in [0.717, 1.165) is 0 Å². The lowest BCUT2D eigenvalue weighted by atomic mass is 10.1. The van der Waals surface area contributed by atoms with Gasteiger partial charge < -0.3 is 0 Å². The van der Waals surface area contributed by atoms with Crippen LogP contribution in [0.3, 0.4) is 0 Å². The van der Waals surface area contributed by atoms with E-state index in [1.54, 1.807) is 19.1 Å². The molecule has 2 nitrogen and oxygen atoms in total. The molecule has 0 heterocycles. The van der Waals surface area contributed by atoms with Crippen molar-refractivity contribution in [2.24, 2.45) is 0 Å². The number of hydrogen-bond donors (Lipinski definition) is 0. The van der Waals surface area contributed by atoms with Crippen LogP contribution in [0.1, 0.15) is 18.1 Å². The third kappa shape index (κ3) is 2.27. The minimum atomic E-state index is -0.548. The van der Waals surface area contributed by atoms with Crippen LogP contribution >= 0.6 is 0 Å². The van der Waals surface area contributed by atoms with Gasteiger partial charge in [0.15, 0.2) is 0 Å². The van der Waals surface area contributed by atoms with Gasteiger partial charge in [0.05, 0.1) is 5.56 Å². The Morgan fingerprint density at radius 2 is 2.29 bits per heavy atom. The number of halogens is 1. The van der Waals surface area contributed by atoms with E-state index in [2.05, 4.69) is 0 Å². The predicted molar refractivity (Wildman–Crippen MR) is 50.8 cm³/mol. The van der Waals surface area contributed by atoms with Gasteiger partial charge in [-0.25, -0.2) is 4.39 Å². The largest absolute Gasteiger partial charge is 0.298 e. The summed E-state index contributed by atoms with van der Waals surface area (Å²) in [5.41, 5.74) is 1.16. The molecule has 0 radical (unpaired) electrons. The molecule has 14 heavy (non-hydrogen) atoms. The molecule has 1 rings (SSSR count). The van der Waals surface area contributed by atoms with Gasteiger partial charge in [0.1, 0.15) is 18.2 Å². The van der Waals surface area contributed by atoms with Crippen molar-refractivity contribution in [3.8, 4) is 6.07 Å². The molecule has 0 fully saturated rings. The number of rotatable bonds is 2. The van der Waals surface area contributed by atoms with Crippen molar-refractivity contribution in [3.05, 3.63) is 40.7 Å². The normalized spacial score (nSPS) is 10.8. The molecule has 0 unspecified atom stereocenters. The van der Waals surface area contributed by atoms with Gasteiger partial charge in [-0.2, -0.15) is 5.26 Å². The van der Waals surface area contributed by atoms with Crippen molar-refractivity contribution in [2.45, 2.75) is 6.92 Å². The van der Waals surface area contributed by atoms with E-state index in [1.807, 2.05) is 0 Å². The van der Waals surface area contributed by atoms with Gasteiger partial charge in [0.2, 0.25) is 0 Å². The highest BCUT2D eigenvalue weighted by atomic mass is 19.1. The average Bonchev–Trinajstić information content (AvgIpc) is 2.20. The monoisotopic (exact) mass is 189 g/mol. The first kappa shape index (κ1) is 10.1. The first-order valence-corrected chi connectivity index (χ1v) is 4.00. The quantitative estimate of drug-likeness (QED) is 0.529. The molecule has 3 heteroatoms. The summed E-state index contributed by atoms with van der Waals surface area (Å²) in [4.78, 5) is 10.3. The van der Waals surface area contributed by atoms with Gasteiger partial charge in [0.25, 0.3) is 0 Å². The first-order chi connectivity index (χ1) is 6.67. The third-order valence-corrected chi connectivity index (χ3v) is 1.69. The van der Waals surface area contributed by atoms with Crippen LogP contribution in [0.5, 0.6) is 0 Å². The maximum atomic E-state index is 12.9. The van der Waals surface area contributed by atoms with Crippen LogP contribution < -0.4 is 0 Å². The number of benzene rings is 1. The van der Waals surface area contributed by atoms with Gasteiger partial charge in [-0.15, -0.1) is 0 Å². The van der Waals surface area contributed by atoms with Crippen molar-refractivity contribution in [3.63, 3.8) is 0 Å².